The Labute approximate surface area is 134 Å². The number of hydrogen-bond donors (Lipinski definition) is 1. The zero-order chi connectivity index (χ0) is 15.6. The molecular formula is C14H10BrClN2O3. The first-order valence-corrected chi connectivity index (χ1v) is 7.07. The third kappa shape index (κ3) is 3.40. The highest BCUT2D eigenvalue weighted by molar-refractivity contribution is 9.10. The Hall–Kier alpha value is -1.92. The molecule has 0 saturated heterocycles. The van der Waals surface area contributed by atoms with Crippen LogP contribution in [0, 0.1) is 17.0 Å². The van der Waals surface area contributed by atoms with Crippen molar-refractivity contribution in [1.82, 2.24) is 0 Å². The van der Waals surface area contributed by atoms with Crippen molar-refractivity contribution in [2.45, 2.75) is 6.92 Å². The van der Waals surface area contributed by atoms with Crippen LogP contribution in [0.4, 0.5) is 11.4 Å². The molecular weight excluding hydrogens is 360 g/mol. The second kappa shape index (κ2) is 6.24. The number of hydrogen-bond acceptors (Lipinski definition) is 3. The lowest BCUT2D eigenvalue weighted by atomic mass is 10.1. The Bertz CT molecular complexity index is 734. The van der Waals surface area contributed by atoms with Crippen LogP contribution in [0.5, 0.6) is 0 Å². The minimum absolute atomic E-state index is 0.0480. The number of nitro benzene ring substituents is 1. The van der Waals surface area contributed by atoms with Crippen molar-refractivity contribution in [2.24, 2.45) is 0 Å². The lowest BCUT2D eigenvalue weighted by molar-refractivity contribution is -0.385. The molecule has 5 nitrogen and oxygen atoms in total. The van der Waals surface area contributed by atoms with Gasteiger partial charge >= 0.3 is 0 Å². The van der Waals surface area contributed by atoms with Crippen molar-refractivity contribution in [2.75, 3.05) is 5.32 Å². The molecule has 2 aromatic carbocycles. The van der Waals surface area contributed by atoms with Gasteiger partial charge in [0, 0.05) is 21.8 Å². The SMILES string of the molecule is Cc1ccc(NC(=O)c2cccc(Br)c2Cl)cc1[N+](=O)[O-]. The van der Waals surface area contributed by atoms with Crippen LogP contribution >= 0.6 is 27.5 Å². The van der Waals surface area contributed by atoms with E-state index in [4.69, 9.17) is 11.6 Å². The standard InChI is InChI=1S/C14H10BrClN2O3/c1-8-5-6-9(7-12(8)18(20)21)17-14(19)10-3-2-4-11(15)13(10)16/h2-7H,1H3,(H,17,19). The maximum Gasteiger partial charge on any atom is 0.274 e. The highest BCUT2D eigenvalue weighted by Gasteiger charge is 2.15. The van der Waals surface area contributed by atoms with Crippen LogP contribution in [0.1, 0.15) is 15.9 Å². The van der Waals surface area contributed by atoms with Crippen molar-refractivity contribution in [1.29, 1.82) is 0 Å². The average Bonchev–Trinajstić information content (AvgIpc) is 2.43. The number of benzene rings is 2. The van der Waals surface area contributed by atoms with Crippen molar-refractivity contribution < 1.29 is 9.72 Å². The van der Waals surface area contributed by atoms with Gasteiger partial charge in [-0.3, -0.25) is 14.9 Å². The zero-order valence-corrected chi connectivity index (χ0v) is 13.2. The number of amides is 1. The lowest BCUT2D eigenvalue weighted by Crippen LogP contribution is -2.12. The van der Waals surface area contributed by atoms with E-state index in [9.17, 15) is 14.9 Å². The fourth-order valence-electron chi connectivity index (χ4n) is 1.76. The van der Waals surface area contributed by atoms with Gasteiger partial charge in [-0.15, -0.1) is 0 Å². The van der Waals surface area contributed by atoms with Gasteiger partial charge < -0.3 is 5.32 Å². The average molecular weight is 370 g/mol. The molecule has 0 bridgehead atoms. The van der Waals surface area contributed by atoms with Crippen LogP contribution in [0.15, 0.2) is 40.9 Å². The minimum atomic E-state index is -0.489. The number of rotatable bonds is 3. The summed E-state index contributed by atoms with van der Waals surface area (Å²) in [6, 6.07) is 9.48. The number of anilines is 1. The third-order valence-electron chi connectivity index (χ3n) is 2.86. The van der Waals surface area contributed by atoms with Gasteiger partial charge in [-0.2, -0.15) is 0 Å². The molecule has 0 aliphatic rings. The predicted molar refractivity (Wildman–Crippen MR) is 84.9 cm³/mol. The minimum Gasteiger partial charge on any atom is -0.322 e. The van der Waals surface area contributed by atoms with Crippen LogP contribution in [0.25, 0.3) is 0 Å². The normalized spacial score (nSPS) is 10.2. The molecule has 0 unspecified atom stereocenters. The Morgan fingerprint density at radius 1 is 1.33 bits per heavy atom. The summed E-state index contributed by atoms with van der Waals surface area (Å²) in [5, 5.41) is 13.8. The van der Waals surface area contributed by atoms with Crippen molar-refractivity contribution >= 4 is 44.8 Å². The summed E-state index contributed by atoms with van der Waals surface area (Å²) in [7, 11) is 0. The summed E-state index contributed by atoms with van der Waals surface area (Å²) in [6.07, 6.45) is 0. The molecule has 7 heteroatoms. The fraction of sp³-hybridized carbons (Fsp3) is 0.0714. The fourth-order valence-corrected chi connectivity index (χ4v) is 2.34. The smallest absolute Gasteiger partial charge is 0.274 e. The van der Waals surface area contributed by atoms with E-state index < -0.39 is 10.8 Å². The highest BCUT2D eigenvalue weighted by atomic mass is 79.9. The summed E-state index contributed by atoms with van der Waals surface area (Å²) >= 11 is 9.28. The summed E-state index contributed by atoms with van der Waals surface area (Å²) in [5.74, 6) is -0.431. The first kappa shape index (κ1) is 15.5. The van der Waals surface area contributed by atoms with Crippen molar-refractivity contribution in [3.8, 4) is 0 Å². The van der Waals surface area contributed by atoms with Gasteiger partial charge in [-0.25, -0.2) is 0 Å². The Balaban J connectivity index is 2.30. The zero-order valence-electron chi connectivity index (χ0n) is 10.9. The monoisotopic (exact) mass is 368 g/mol. The molecule has 0 saturated carbocycles. The lowest BCUT2D eigenvalue weighted by Gasteiger charge is -2.08. The molecule has 1 amide bonds. The second-order valence-electron chi connectivity index (χ2n) is 4.31. The first-order chi connectivity index (χ1) is 9.90. The number of nitrogens with one attached hydrogen (secondary N) is 1. The molecule has 0 atom stereocenters. The van der Waals surface area contributed by atoms with Crippen LogP contribution in [0.3, 0.4) is 0 Å². The number of halogens is 2. The number of aryl methyl sites for hydroxylation is 1. The molecule has 21 heavy (non-hydrogen) atoms. The van der Waals surface area contributed by atoms with Gasteiger partial charge in [-0.1, -0.05) is 23.7 Å². The Morgan fingerprint density at radius 2 is 2.05 bits per heavy atom. The quantitative estimate of drug-likeness (QED) is 0.636. The molecule has 108 valence electrons. The van der Waals surface area contributed by atoms with Crippen molar-refractivity contribution in [3.05, 3.63) is 67.1 Å². The molecule has 0 spiro atoms. The topological polar surface area (TPSA) is 72.2 Å². The van der Waals surface area contributed by atoms with E-state index in [1.807, 2.05) is 0 Å². The molecule has 0 fully saturated rings. The van der Waals surface area contributed by atoms with E-state index in [1.165, 1.54) is 6.07 Å². The van der Waals surface area contributed by atoms with E-state index in [-0.39, 0.29) is 16.3 Å². The summed E-state index contributed by atoms with van der Waals surface area (Å²) < 4.78 is 0.603. The van der Waals surface area contributed by atoms with Gasteiger partial charge in [0.1, 0.15) is 0 Å². The van der Waals surface area contributed by atoms with Gasteiger partial charge in [0.05, 0.1) is 15.5 Å². The maximum atomic E-state index is 12.2. The number of nitrogens with zero attached hydrogens (tertiary/aromatic N) is 1. The summed E-state index contributed by atoms with van der Waals surface area (Å²) in [6.45, 7) is 1.63. The largest absolute Gasteiger partial charge is 0.322 e. The molecule has 0 aliphatic heterocycles. The molecule has 0 aliphatic carbocycles. The maximum absolute atomic E-state index is 12.2. The van der Waals surface area contributed by atoms with Crippen LogP contribution in [-0.2, 0) is 0 Å². The molecule has 0 aromatic heterocycles. The summed E-state index contributed by atoms with van der Waals surface area (Å²) in [5.41, 5.74) is 1.11. The van der Waals surface area contributed by atoms with Crippen LogP contribution in [-0.4, -0.2) is 10.8 Å². The van der Waals surface area contributed by atoms with E-state index in [2.05, 4.69) is 21.2 Å². The third-order valence-corrected chi connectivity index (χ3v) is 4.16. The number of carbonyl (C=O) groups is 1. The molecule has 2 rings (SSSR count). The summed E-state index contributed by atoms with van der Waals surface area (Å²) in [4.78, 5) is 22.6. The van der Waals surface area contributed by atoms with Gasteiger partial charge in [0.2, 0.25) is 0 Å². The Morgan fingerprint density at radius 3 is 2.71 bits per heavy atom. The Kier molecular flexibility index (Phi) is 4.59. The van der Waals surface area contributed by atoms with E-state index in [1.54, 1.807) is 37.3 Å². The van der Waals surface area contributed by atoms with E-state index >= 15 is 0 Å². The van der Waals surface area contributed by atoms with Gasteiger partial charge in [-0.05, 0) is 41.1 Å². The van der Waals surface area contributed by atoms with Crippen molar-refractivity contribution in [3.63, 3.8) is 0 Å². The van der Waals surface area contributed by atoms with Crippen LogP contribution < -0.4 is 5.32 Å². The molecule has 0 radical (unpaired) electrons. The molecule has 2 aromatic rings. The first-order valence-electron chi connectivity index (χ1n) is 5.90. The van der Waals surface area contributed by atoms with Crippen LogP contribution in [0.2, 0.25) is 5.02 Å². The second-order valence-corrected chi connectivity index (χ2v) is 5.55. The molecule has 1 N–H and O–H groups in total. The van der Waals surface area contributed by atoms with E-state index in [0.717, 1.165) is 0 Å². The number of carbonyl (C=O) groups excluding carboxylic acids is 1. The predicted octanol–water partition coefficient (Wildman–Crippen LogP) is 4.57. The van der Waals surface area contributed by atoms with E-state index in [0.29, 0.717) is 15.7 Å². The number of nitro groups is 1. The van der Waals surface area contributed by atoms with Gasteiger partial charge in [0.25, 0.3) is 11.6 Å². The van der Waals surface area contributed by atoms with Gasteiger partial charge in [0.15, 0.2) is 0 Å². The highest BCUT2D eigenvalue weighted by Crippen LogP contribution is 2.27. The molecule has 0 heterocycles.